The monoisotopic (exact) mass is 257 g/mol. The molecule has 2 aromatic heterocycles. The number of pyridine rings is 1. The fraction of sp³-hybridized carbons (Fsp3) is 0.467. The van der Waals surface area contributed by atoms with Crippen LogP contribution in [0.25, 0.3) is 5.52 Å². The van der Waals surface area contributed by atoms with Gasteiger partial charge in [0, 0.05) is 24.8 Å². The van der Waals surface area contributed by atoms with Crippen LogP contribution in [-0.2, 0) is 11.2 Å². The normalized spacial score (nSPS) is 17.0. The first-order valence-electron chi connectivity index (χ1n) is 6.93. The summed E-state index contributed by atoms with van der Waals surface area (Å²) in [6.45, 7) is 4.06. The van der Waals surface area contributed by atoms with Gasteiger partial charge < -0.3 is 4.90 Å². The number of nitrogens with zero attached hydrogens (tertiary/aromatic N) is 3. The van der Waals surface area contributed by atoms with Gasteiger partial charge in [-0.2, -0.15) is 5.10 Å². The van der Waals surface area contributed by atoms with Crippen molar-refractivity contribution < 1.29 is 4.79 Å². The fourth-order valence-electron chi connectivity index (χ4n) is 2.66. The number of hydrogen-bond acceptors (Lipinski definition) is 2. The zero-order valence-corrected chi connectivity index (χ0v) is 11.2. The summed E-state index contributed by atoms with van der Waals surface area (Å²) < 4.78 is 1.82. The van der Waals surface area contributed by atoms with Crippen molar-refractivity contribution in [2.24, 2.45) is 5.92 Å². The fourth-order valence-corrected chi connectivity index (χ4v) is 2.66. The molecule has 4 heteroatoms. The van der Waals surface area contributed by atoms with E-state index in [4.69, 9.17) is 0 Å². The number of likely N-dealkylation sites (tertiary alicyclic amines) is 1. The lowest BCUT2D eigenvalue weighted by Crippen LogP contribution is -2.38. The van der Waals surface area contributed by atoms with Gasteiger partial charge in [0.15, 0.2) is 0 Å². The van der Waals surface area contributed by atoms with E-state index in [1.54, 1.807) is 6.20 Å². The lowest BCUT2D eigenvalue weighted by atomic mass is 9.99. The molecule has 3 rings (SSSR count). The van der Waals surface area contributed by atoms with Crippen molar-refractivity contribution in [2.75, 3.05) is 13.1 Å². The van der Waals surface area contributed by atoms with E-state index in [0.717, 1.165) is 42.9 Å². The highest BCUT2D eigenvalue weighted by Gasteiger charge is 2.21. The Morgan fingerprint density at radius 2 is 2.16 bits per heavy atom. The molecule has 0 bridgehead atoms. The maximum Gasteiger partial charge on any atom is 0.227 e. The average Bonchev–Trinajstić information content (AvgIpc) is 2.83. The van der Waals surface area contributed by atoms with Crippen LogP contribution in [0.15, 0.2) is 30.6 Å². The Morgan fingerprint density at radius 3 is 2.95 bits per heavy atom. The number of hydrogen-bond donors (Lipinski definition) is 0. The highest BCUT2D eigenvalue weighted by molar-refractivity contribution is 5.81. The molecular weight excluding hydrogens is 238 g/mol. The van der Waals surface area contributed by atoms with Crippen LogP contribution in [0.1, 0.15) is 25.3 Å². The van der Waals surface area contributed by atoms with Crippen molar-refractivity contribution in [2.45, 2.75) is 26.2 Å². The lowest BCUT2D eigenvalue weighted by Gasteiger charge is -2.30. The van der Waals surface area contributed by atoms with Gasteiger partial charge >= 0.3 is 0 Å². The van der Waals surface area contributed by atoms with Crippen molar-refractivity contribution in [3.8, 4) is 0 Å². The first-order chi connectivity index (χ1) is 9.24. The topological polar surface area (TPSA) is 37.6 Å². The van der Waals surface area contributed by atoms with Gasteiger partial charge in [0.2, 0.25) is 5.91 Å². The molecule has 3 heterocycles. The quantitative estimate of drug-likeness (QED) is 0.826. The van der Waals surface area contributed by atoms with Gasteiger partial charge in [0.25, 0.3) is 0 Å². The molecule has 1 aliphatic heterocycles. The Labute approximate surface area is 113 Å². The predicted molar refractivity (Wildman–Crippen MR) is 73.9 cm³/mol. The Hall–Kier alpha value is -1.84. The molecule has 1 fully saturated rings. The minimum absolute atomic E-state index is 0.227. The van der Waals surface area contributed by atoms with Crippen molar-refractivity contribution >= 4 is 11.4 Å². The zero-order chi connectivity index (χ0) is 13.2. The van der Waals surface area contributed by atoms with E-state index in [0.29, 0.717) is 6.42 Å². The van der Waals surface area contributed by atoms with E-state index in [9.17, 15) is 4.79 Å². The Bertz CT molecular complexity index is 582. The minimum Gasteiger partial charge on any atom is -0.342 e. The molecule has 0 spiro atoms. The first kappa shape index (κ1) is 12.2. The summed E-state index contributed by atoms with van der Waals surface area (Å²) in [5, 5.41) is 4.27. The maximum absolute atomic E-state index is 12.3. The molecule has 0 unspecified atom stereocenters. The zero-order valence-electron chi connectivity index (χ0n) is 11.2. The van der Waals surface area contributed by atoms with Crippen molar-refractivity contribution in [1.82, 2.24) is 14.5 Å². The van der Waals surface area contributed by atoms with Crippen LogP contribution >= 0.6 is 0 Å². The van der Waals surface area contributed by atoms with Crippen LogP contribution in [0.3, 0.4) is 0 Å². The predicted octanol–water partition coefficient (Wildman–Crippen LogP) is 2.14. The second-order valence-electron chi connectivity index (χ2n) is 5.44. The summed E-state index contributed by atoms with van der Waals surface area (Å²) >= 11 is 0. The summed E-state index contributed by atoms with van der Waals surface area (Å²) in [7, 11) is 0. The number of aromatic nitrogens is 2. The summed E-state index contributed by atoms with van der Waals surface area (Å²) in [4.78, 5) is 14.3. The number of fused-ring (bicyclic) bond motifs is 1. The van der Waals surface area contributed by atoms with Gasteiger partial charge in [-0.15, -0.1) is 0 Å². The molecule has 0 N–H and O–H groups in total. The number of rotatable bonds is 2. The standard InChI is InChI=1S/C15H19N3O/c1-12-5-8-17(9-6-12)15(19)10-13-11-16-18-7-3-2-4-14(13)18/h2-4,7,11-12H,5-6,8-10H2,1H3. The van der Waals surface area contributed by atoms with Gasteiger partial charge in [0.1, 0.15) is 0 Å². The molecule has 1 saturated heterocycles. The molecule has 0 atom stereocenters. The van der Waals surface area contributed by atoms with Gasteiger partial charge in [0.05, 0.1) is 18.1 Å². The Balaban J connectivity index is 1.72. The molecule has 1 amide bonds. The molecule has 19 heavy (non-hydrogen) atoms. The molecule has 0 aliphatic carbocycles. The SMILES string of the molecule is CC1CCN(C(=O)Cc2cnn3ccccc23)CC1. The third-order valence-electron chi connectivity index (χ3n) is 3.98. The van der Waals surface area contributed by atoms with Crippen molar-refractivity contribution in [1.29, 1.82) is 0 Å². The Kier molecular flexibility index (Phi) is 3.23. The summed E-state index contributed by atoms with van der Waals surface area (Å²) in [5.41, 5.74) is 2.05. The van der Waals surface area contributed by atoms with Crippen LogP contribution in [0.4, 0.5) is 0 Å². The van der Waals surface area contributed by atoms with E-state index in [1.165, 1.54) is 0 Å². The van der Waals surface area contributed by atoms with Crippen molar-refractivity contribution in [3.63, 3.8) is 0 Å². The van der Waals surface area contributed by atoms with E-state index in [-0.39, 0.29) is 5.91 Å². The average molecular weight is 257 g/mol. The number of carbonyl (C=O) groups is 1. The second-order valence-corrected chi connectivity index (χ2v) is 5.44. The summed E-state index contributed by atoms with van der Waals surface area (Å²) in [6, 6.07) is 5.93. The van der Waals surface area contributed by atoms with Crippen LogP contribution in [0, 0.1) is 5.92 Å². The molecule has 2 aromatic rings. The van der Waals surface area contributed by atoms with Gasteiger partial charge in [-0.05, 0) is 30.9 Å². The first-order valence-corrected chi connectivity index (χ1v) is 6.93. The van der Waals surface area contributed by atoms with Crippen LogP contribution in [-0.4, -0.2) is 33.5 Å². The largest absolute Gasteiger partial charge is 0.342 e. The minimum atomic E-state index is 0.227. The highest BCUT2D eigenvalue weighted by Crippen LogP contribution is 2.18. The molecular formula is C15H19N3O. The molecule has 100 valence electrons. The van der Waals surface area contributed by atoms with E-state index in [1.807, 2.05) is 33.8 Å². The lowest BCUT2D eigenvalue weighted by molar-refractivity contribution is -0.131. The van der Waals surface area contributed by atoms with Gasteiger partial charge in [-0.25, -0.2) is 4.52 Å². The molecule has 0 aromatic carbocycles. The van der Waals surface area contributed by atoms with Crippen LogP contribution in [0.5, 0.6) is 0 Å². The van der Waals surface area contributed by atoms with E-state index in [2.05, 4.69) is 12.0 Å². The summed E-state index contributed by atoms with van der Waals surface area (Å²) in [5.74, 6) is 0.978. The molecule has 0 saturated carbocycles. The van der Waals surface area contributed by atoms with Crippen LogP contribution < -0.4 is 0 Å². The highest BCUT2D eigenvalue weighted by atomic mass is 16.2. The van der Waals surface area contributed by atoms with E-state index >= 15 is 0 Å². The summed E-state index contributed by atoms with van der Waals surface area (Å²) in [6.07, 6.45) is 6.43. The number of carbonyl (C=O) groups excluding carboxylic acids is 1. The molecule has 4 nitrogen and oxygen atoms in total. The maximum atomic E-state index is 12.3. The molecule has 0 radical (unpaired) electrons. The van der Waals surface area contributed by atoms with Gasteiger partial charge in [-0.1, -0.05) is 13.0 Å². The molecule has 1 aliphatic rings. The number of piperidine rings is 1. The third kappa shape index (κ3) is 2.48. The van der Waals surface area contributed by atoms with Gasteiger partial charge in [-0.3, -0.25) is 4.79 Å². The van der Waals surface area contributed by atoms with Crippen LogP contribution in [0.2, 0.25) is 0 Å². The Morgan fingerprint density at radius 1 is 1.37 bits per heavy atom. The van der Waals surface area contributed by atoms with E-state index < -0.39 is 0 Å². The number of amides is 1. The van der Waals surface area contributed by atoms with Crippen molar-refractivity contribution in [3.05, 3.63) is 36.2 Å². The third-order valence-corrected chi connectivity index (χ3v) is 3.98. The smallest absolute Gasteiger partial charge is 0.227 e. The second kappa shape index (κ2) is 5.03.